The highest BCUT2D eigenvalue weighted by Crippen LogP contribution is 2.24. The largest absolute Gasteiger partial charge is 0.464 e. The predicted molar refractivity (Wildman–Crippen MR) is 89.1 cm³/mol. The lowest BCUT2D eigenvalue weighted by Crippen LogP contribution is -2.45. The number of aromatic nitrogens is 1. The number of hydrogen-bond acceptors (Lipinski definition) is 4. The molecule has 1 aliphatic heterocycles. The number of ether oxygens (including phenoxy) is 1. The molecule has 2 amide bonds. The molecule has 1 atom stereocenters. The van der Waals surface area contributed by atoms with Gasteiger partial charge in [-0.05, 0) is 37.6 Å². The Hall–Kier alpha value is -2.54. The second-order valence-electron chi connectivity index (χ2n) is 5.97. The van der Waals surface area contributed by atoms with Gasteiger partial charge in [0.1, 0.15) is 23.3 Å². The molecule has 7 nitrogen and oxygen atoms in total. The number of rotatable bonds is 2. The van der Waals surface area contributed by atoms with Crippen molar-refractivity contribution in [2.45, 2.75) is 20.0 Å². The zero-order valence-corrected chi connectivity index (χ0v) is 14.0. The van der Waals surface area contributed by atoms with Crippen LogP contribution < -0.4 is 10.9 Å². The first-order valence-electron chi connectivity index (χ1n) is 7.86. The molecule has 1 saturated heterocycles. The van der Waals surface area contributed by atoms with Gasteiger partial charge in [0.05, 0.1) is 13.2 Å². The van der Waals surface area contributed by atoms with Gasteiger partial charge in [-0.25, -0.2) is 4.79 Å². The predicted octanol–water partition coefficient (Wildman–Crippen LogP) is 2.20. The first-order valence-corrected chi connectivity index (χ1v) is 7.86. The Morgan fingerprint density at radius 3 is 2.79 bits per heavy atom. The number of urea groups is 1. The van der Waals surface area contributed by atoms with E-state index in [9.17, 15) is 9.59 Å². The van der Waals surface area contributed by atoms with E-state index in [4.69, 9.17) is 9.15 Å². The average Bonchev–Trinajstić information content (AvgIpc) is 3.01. The van der Waals surface area contributed by atoms with Crippen molar-refractivity contribution in [3.8, 4) is 0 Å². The molecule has 24 heavy (non-hydrogen) atoms. The van der Waals surface area contributed by atoms with E-state index in [0.29, 0.717) is 31.1 Å². The molecule has 0 bridgehead atoms. The zero-order chi connectivity index (χ0) is 17.3. The van der Waals surface area contributed by atoms with E-state index in [-0.39, 0.29) is 17.7 Å². The quantitative estimate of drug-likeness (QED) is 0.915. The average molecular weight is 331 g/mol. The second kappa shape index (κ2) is 6.52. The van der Waals surface area contributed by atoms with Crippen LogP contribution in [0.1, 0.15) is 23.2 Å². The van der Waals surface area contributed by atoms with Gasteiger partial charge >= 0.3 is 6.03 Å². The van der Waals surface area contributed by atoms with E-state index in [0.717, 1.165) is 11.3 Å². The van der Waals surface area contributed by atoms with Crippen LogP contribution in [0.5, 0.6) is 0 Å². The molecule has 1 aliphatic rings. The SMILES string of the molecule is Cc1ccc([C@@H]2CN(C(=O)Nc3c(C)ccn(C)c3=O)CCO2)o1. The smallest absolute Gasteiger partial charge is 0.322 e. The van der Waals surface area contributed by atoms with Crippen LogP contribution in [0.3, 0.4) is 0 Å². The fraction of sp³-hybridized carbons (Fsp3) is 0.412. The Kier molecular flexibility index (Phi) is 4.44. The fourth-order valence-corrected chi connectivity index (χ4v) is 2.69. The molecule has 3 rings (SSSR count). The summed E-state index contributed by atoms with van der Waals surface area (Å²) in [6.07, 6.45) is 1.38. The summed E-state index contributed by atoms with van der Waals surface area (Å²) in [4.78, 5) is 26.4. The minimum absolute atomic E-state index is 0.227. The van der Waals surface area contributed by atoms with Crippen molar-refractivity contribution in [1.29, 1.82) is 0 Å². The number of nitrogens with zero attached hydrogens (tertiary/aromatic N) is 2. The van der Waals surface area contributed by atoms with Gasteiger partial charge in [-0.15, -0.1) is 0 Å². The van der Waals surface area contributed by atoms with Gasteiger partial charge in [-0.1, -0.05) is 0 Å². The molecule has 0 radical (unpaired) electrons. The number of pyridine rings is 1. The summed E-state index contributed by atoms with van der Waals surface area (Å²) in [5, 5.41) is 2.73. The minimum atomic E-state index is -0.307. The molecule has 7 heteroatoms. The van der Waals surface area contributed by atoms with Crippen molar-refractivity contribution in [1.82, 2.24) is 9.47 Å². The van der Waals surface area contributed by atoms with Crippen LogP contribution in [0.4, 0.5) is 10.5 Å². The summed E-state index contributed by atoms with van der Waals surface area (Å²) in [6, 6.07) is 5.22. The molecule has 1 N–H and O–H groups in total. The van der Waals surface area contributed by atoms with Crippen molar-refractivity contribution in [2.24, 2.45) is 7.05 Å². The number of furan rings is 1. The van der Waals surface area contributed by atoms with Crippen molar-refractivity contribution < 1.29 is 13.9 Å². The number of amides is 2. The van der Waals surface area contributed by atoms with Crippen molar-refractivity contribution in [2.75, 3.05) is 25.0 Å². The molecular weight excluding hydrogens is 310 g/mol. The van der Waals surface area contributed by atoms with Crippen molar-refractivity contribution in [3.05, 3.63) is 51.8 Å². The maximum absolute atomic E-state index is 12.5. The Balaban J connectivity index is 1.73. The Labute approximate surface area is 139 Å². The topological polar surface area (TPSA) is 76.7 Å². The van der Waals surface area contributed by atoms with Crippen molar-refractivity contribution >= 4 is 11.7 Å². The van der Waals surface area contributed by atoms with E-state index >= 15 is 0 Å². The van der Waals surface area contributed by atoms with Gasteiger partial charge in [-0.2, -0.15) is 0 Å². The first-order chi connectivity index (χ1) is 11.5. The summed E-state index contributed by atoms with van der Waals surface area (Å²) in [5.41, 5.74) is 0.814. The molecule has 1 fully saturated rings. The number of morpholine rings is 1. The summed E-state index contributed by atoms with van der Waals surface area (Å²) in [6.45, 7) is 4.93. The minimum Gasteiger partial charge on any atom is -0.464 e. The normalized spacial score (nSPS) is 17.8. The van der Waals surface area contributed by atoms with Crippen LogP contribution in [0, 0.1) is 13.8 Å². The molecule has 0 saturated carbocycles. The van der Waals surface area contributed by atoms with Crippen LogP contribution in [-0.4, -0.2) is 35.2 Å². The summed E-state index contributed by atoms with van der Waals surface area (Å²) < 4.78 is 12.7. The third-order valence-corrected chi connectivity index (χ3v) is 4.14. The van der Waals surface area contributed by atoms with Gasteiger partial charge < -0.3 is 23.9 Å². The van der Waals surface area contributed by atoms with Crippen LogP contribution >= 0.6 is 0 Å². The first kappa shape index (κ1) is 16.3. The third kappa shape index (κ3) is 3.21. The highest BCUT2D eigenvalue weighted by atomic mass is 16.5. The highest BCUT2D eigenvalue weighted by Gasteiger charge is 2.28. The van der Waals surface area contributed by atoms with Crippen LogP contribution in [0.2, 0.25) is 0 Å². The number of hydrogen-bond donors (Lipinski definition) is 1. The number of carbonyl (C=O) groups excluding carboxylic acids is 1. The fourth-order valence-electron chi connectivity index (χ4n) is 2.69. The van der Waals surface area contributed by atoms with Crippen molar-refractivity contribution in [3.63, 3.8) is 0 Å². The number of anilines is 1. The number of aryl methyl sites for hydroxylation is 3. The molecule has 0 aliphatic carbocycles. The van der Waals surface area contributed by atoms with E-state index < -0.39 is 0 Å². The summed E-state index contributed by atoms with van der Waals surface area (Å²) in [7, 11) is 1.65. The molecule has 0 aromatic carbocycles. The van der Waals surface area contributed by atoms with Crippen LogP contribution in [0.25, 0.3) is 0 Å². The standard InChI is InChI=1S/C17H21N3O4/c1-11-6-7-19(3)16(21)15(11)18-17(22)20-8-9-23-14(10-20)13-5-4-12(2)24-13/h4-7,14H,8-10H2,1-3H3,(H,18,22)/t14-/m0/s1. The van der Waals surface area contributed by atoms with Gasteiger partial charge in [0.2, 0.25) is 0 Å². The lowest BCUT2D eigenvalue weighted by molar-refractivity contribution is -0.0246. The second-order valence-corrected chi connectivity index (χ2v) is 5.97. The lowest BCUT2D eigenvalue weighted by Gasteiger charge is -2.32. The monoisotopic (exact) mass is 331 g/mol. The zero-order valence-electron chi connectivity index (χ0n) is 14.0. The van der Waals surface area contributed by atoms with E-state index in [2.05, 4.69) is 5.32 Å². The molecule has 2 aromatic heterocycles. The van der Waals surface area contributed by atoms with Crippen LogP contribution in [-0.2, 0) is 11.8 Å². The van der Waals surface area contributed by atoms with Gasteiger partial charge in [-0.3, -0.25) is 4.79 Å². The highest BCUT2D eigenvalue weighted by molar-refractivity contribution is 5.90. The maximum Gasteiger partial charge on any atom is 0.322 e. The van der Waals surface area contributed by atoms with Crippen LogP contribution in [0.15, 0.2) is 33.6 Å². The summed E-state index contributed by atoms with van der Waals surface area (Å²) >= 11 is 0. The van der Waals surface area contributed by atoms with Gasteiger partial charge in [0.15, 0.2) is 0 Å². The Morgan fingerprint density at radius 1 is 1.29 bits per heavy atom. The van der Waals surface area contributed by atoms with E-state index in [1.54, 1.807) is 31.1 Å². The molecule has 128 valence electrons. The Bertz CT molecular complexity index is 808. The molecule has 3 heterocycles. The van der Waals surface area contributed by atoms with E-state index in [1.807, 2.05) is 19.1 Å². The molecule has 0 unspecified atom stereocenters. The van der Waals surface area contributed by atoms with E-state index in [1.165, 1.54) is 4.57 Å². The molecular formula is C17H21N3O4. The maximum atomic E-state index is 12.5. The lowest BCUT2D eigenvalue weighted by atomic mass is 10.2. The van der Waals surface area contributed by atoms with Gasteiger partial charge in [0, 0.05) is 19.8 Å². The van der Waals surface area contributed by atoms with Gasteiger partial charge in [0.25, 0.3) is 5.56 Å². The number of nitrogens with one attached hydrogen (secondary N) is 1. The number of carbonyl (C=O) groups is 1. The summed E-state index contributed by atoms with van der Waals surface area (Å²) in [5.74, 6) is 1.51. The molecule has 0 spiro atoms. The molecule has 2 aromatic rings. The Morgan fingerprint density at radius 2 is 2.08 bits per heavy atom. The third-order valence-electron chi connectivity index (χ3n) is 4.14.